The third-order valence-corrected chi connectivity index (χ3v) is 4.21. The lowest BCUT2D eigenvalue weighted by atomic mass is 10.1. The molecule has 9 heteroatoms. The first-order chi connectivity index (χ1) is 13.1. The van der Waals surface area contributed by atoms with E-state index in [-0.39, 0.29) is 33.4 Å². The fourth-order valence-corrected chi connectivity index (χ4v) is 2.89. The molecule has 146 valence electrons. The molecule has 0 radical (unpaired) electrons. The molecule has 4 nitrogen and oxygen atoms in total. The summed E-state index contributed by atoms with van der Waals surface area (Å²) in [5, 5.41) is 8.76. The first-order valence-corrected chi connectivity index (χ1v) is 8.60. The molecule has 2 aromatic heterocycles. The molecular weight excluding hydrogens is 398 g/mol. The summed E-state index contributed by atoms with van der Waals surface area (Å²) in [5.74, 6) is -0.527. The van der Waals surface area contributed by atoms with E-state index < -0.39 is 23.1 Å². The lowest BCUT2D eigenvalue weighted by Crippen LogP contribution is -2.06. The first-order valence-electron chi connectivity index (χ1n) is 8.22. The van der Waals surface area contributed by atoms with E-state index in [2.05, 4.69) is 4.98 Å². The minimum atomic E-state index is -4.69. The number of nitriles is 1. The average molecular weight is 412 g/mol. The van der Waals surface area contributed by atoms with Crippen LogP contribution >= 0.6 is 11.6 Å². The van der Waals surface area contributed by atoms with Crippen LogP contribution in [-0.4, -0.2) is 16.2 Å². The molecule has 0 spiro atoms. The van der Waals surface area contributed by atoms with E-state index in [4.69, 9.17) is 21.6 Å². The minimum absolute atomic E-state index is 0.0578. The zero-order chi connectivity index (χ0) is 20.6. The molecule has 1 aromatic carbocycles. The van der Waals surface area contributed by atoms with Gasteiger partial charge in [-0.25, -0.2) is 9.37 Å². The molecule has 0 aliphatic rings. The van der Waals surface area contributed by atoms with Crippen LogP contribution in [0.25, 0.3) is 16.6 Å². The van der Waals surface area contributed by atoms with Gasteiger partial charge in [-0.2, -0.15) is 18.4 Å². The van der Waals surface area contributed by atoms with Crippen molar-refractivity contribution in [3.8, 4) is 17.6 Å². The maximum Gasteiger partial charge on any atom is 0.418 e. The van der Waals surface area contributed by atoms with E-state index in [1.165, 1.54) is 12.3 Å². The van der Waals surface area contributed by atoms with Crippen molar-refractivity contribution in [2.75, 3.05) is 6.61 Å². The van der Waals surface area contributed by atoms with Gasteiger partial charge in [-0.05, 0) is 24.1 Å². The van der Waals surface area contributed by atoms with Crippen molar-refractivity contribution in [3.63, 3.8) is 0 Å². The highest BCUT2D eigenvalue weighted by atomic mass is 35.5. The lowest BCUT2D eigenvalue weighted by molar-refractivity contribution is -0.136. The van der Waals surface area contributed by atoms with Gasteiger partial charge in [0.05, 0.1) is 35.1 Å². The summed E-state index contributed by atoms with van der Waals surface area (Å²) in [6.07, 6.45) is -2.57. The second kappa shape index (κ2) is 7.32. The molecule has 3 rings (SSSR count). The summed E-state index contributed by atoms with van der Waals surface area (Å²) < 4.78 is 61.0. The van der Waals surface area contributed by atoms with Gasteiger partial charge in [-0.15, -0.1) is 0 Å². The van der Waals surface area contributed by atoms with Crippen molar-refractivity contribution in [1.82, 2.24) is 9.55 Å². The Bertz CT molecular complexity index is 1080. The smallest absolute Gasteiger partial charge is 0.418 e. The van der Waals surface area contributed by atoms with Crippen LogP contribution in [0.4, 0.5) is 17.6 Å². The molecule has 2 heterocycles. The van der Waals surface area contributed by atoms with Crippen molar-refractivity contribution < 1.29 is 22.3 Å². The number of alkyl halides is 3. The van der Waals surface area contributed by atoms with Crippen molar-refractivity contribution in [2.24, 2.45) is 5.92 Å². The number of hydrogen-bond acceptors (Lipinski definition) is 3. The largest absolute Gasteiger partial charge is 0.476 e. The molecule has 0 unspecified atom stereocenters. The third-order valence-electron chi connectivity index (χ3n) is 3.94. The Kier molecular flexibility index (Phi) is 5.22. The molecule has 0 atom stereocenters. The summed E-state index contributed by atoms with van der Waals surface area (Å²) in [7, 11) is 0. The van der Waals surface area contributed by atoms with Gasteiger partial charge in [0, 0.05) is 11.6 Å². The van der Waals surface area contributed by atoms with Crippen LogP contribution in [-0.2, 0) is 6.18 Å². The Balaban J connectivity index is 2.17. The van der Waals surface area contributed by atoms with Gasteiger partial charge >= 0.3 is 6.18 Å². The van der Waals surface area contributed by atoms with E-state index >= 15 is 0 Å². The topological polar surface area (TPSA) is 50.8 Å². The lowest BCUT2D eigenvalue weighted by Gasteiger charge is -2.11. The van der Waals surface area contributed by atoms with Gasteiger partial charge in [0.25, 0.3) is 0 Å². The van der Waals surface area contributed by atoms with Crippen LogP contribution in [0.15, 0.2) is 30.6 Å². The Hall–Kier alpha value is -2.79. The number of aromatic nitrogens is 2. The molecule has 3 aromatic rings. The summed E-state index contributed by atoms with van der Waals surface area (Å²) in [5.41, 5.74) is -1.32. The number of nitrogens with zero attached hydrogens (tertiary/aromatic N) is 3. The predicted molar refractivity (Wildman–Crippen MR) is 96.1 cm³/mol. The normalized spacial score (nSPS) is 11.8. The van der Waals surface area contributed by atoms with E-state index in [0.29, 0.717) is 6.61 Å². The maximum atomic E-state index is 14.1. The molecule has 0 bridgehead atoms. The highest BCUT2D eigenvalue weighted by Gasteiger charge is 2.35. The van der Waals surface area contributed by atoms with Crippen LogP contribution in [0.2, 0.25) is 5.02 Å². The van der Waals surface area contributed by atoms with Crippen LogP contribution in [0.3, 0.4) is 0 Å². The number of rotatable bonds is 4. The summed E-state index contributed by atoms with van der Waals surface area (Å²) in [6.45, 7) is 4.26. The van der Waals surface area contributed by atoms with E-state index in [0.717, 1.165) is 22.9 Å². The monoisotopic (exact) mass is 411 g/mol. The van der Waals surface area contributed by atoms with Crippen molar-refractivity contribution in [1.29, 1.82) is 5.26 Å². The first kappa shape index (κ1) is 20.0. The highest BCUT2D eigenvalue weighted by Crippen LogP contribution is 2.38. The van der Waals surface area contributed by atoms with Gasteiger partial charge in [0.2, 0.25) is 5.88 Å². The Morgan fingerprint density at radius 3 is 2.57 bits per heavy atom. The molecule has 0 amide bonds. The summed E-state index contributed by atoms with van der Waals surface area (Å²) in [6, 6.07) is 4.72. The zero-order valence-electron chi connectivity index (χ0n) is 14.8. The molecule has 28 heavy (non-hydrogen) atoms. The second-order valence-corrected chi connectivity index (χ2v) is 6.96. The molecular formula is C19H14ClF4N3O. The van der Waals surface area contributed by atoms with Gasteiger partial charge in [0.1, 0.15) is 16.9 Å². The summed E-state index contributed by atoms with van der Waals surface area (Å²) >= 11 is 6.15. The number of benzene rings is 1. The van der Waals surface area contributed by atoms with Crippen molar-refractivity contribution in [3.05, 3.63) is 52.6 Å². The van der Waals surface area contributed by atoms with E-state index in [9.17, 15) is 17.6 Å². The molecule has 0 saturated carbocycles. The van der Waals surface area contributed by atoms with Crippen LogP contribution in [0, 0.1) is 23.1 Å². The van der Waals surface area contributed by atoms with Crippen LogP contribution < -0.4 is 4.74 Å². The van der Waals surface area contributed by atoms with E-state index in [1.54, 1.807) is 6.07 Å². The number of hydrogen-bond donors (Lipinski definition) is 0. The van der Waals surface area contributed by atoms with Crippen molar-refractivity contribution in [2.45, 2.75) is 20.0 Å². The quantitative estimate of drug-likeness (QED) is 0.514. The predicted octanol–water partition coefficient (Wildman–Crippen LogP) is 5.74. The Morgan fingerprint density at radius 1 is 1.29 bits per heavy atom. The van der Waals surface area contributed by atoms with Crippen LogP contribution in [0.5, 0.6) is 5.88 Å². The maximum absolute atomic E-state index is 14.1. The van der Waals surface area contributed by atoms with E-state index in [1.807, 2.05) is 13.8 Å². The molecule has 0 fully saturated rings. The zero-order valence-corrected chi connectivity index (χ0v) is 15.6. The Labute approximate surface area is 162 Å². The van der Waals surface area contributed by atoms with Gasteiger partial charge < -0.3 is 9.30 Å². The Morgan fingerprint density at radius 2 is 2.00 bits per heavy atom. The molecule has 0 aliphatic heterocycles. The molecule has 0 saturated heterocycles. The number of pyridine rings is 1. The number of halogens is 5. The fourth-order valence-electron chi connectivity index (χ4n) is 2.67. The third kappa shape index (κ3) is 3.76. The summed E-state index contributed by atoms with van der Waals surface area (Å²) in [4.78, 5) is 4.06. The number of ether oxygens (including phenoxy) is 1. The highest BCUT2D eigenvalue weighted by molar-refractivity contribution is 6.32. The fraction of sp³-hybridized carbons (Fsp3) is 0.263. The SMILES string of the molecule is CC(C)COc1ncc(-n2cc(C(F)(F)F)c3cc(C#N)c(F)cc32)cc1Cl. The van der Waals surface area contributed by atoms with Gasteiger partial charge in [0.15, 0.2) is 0 Å². The average Bonchev–Trinajstić information content (AvgIpc) is 2.98. The van der Waals surface area contributed by atoms with Gasteiger partial charge in [-0.3, -0.25) is 0 Å². The number of fused-ring (bicyclic) bond motifs is 1. The second-order valence-electron chi connectivity index (χ2n) is 6.56. The van der Waals surface area contributed by atoms with Gasteiger partial charge in [-0.1, -0.05) is 25.4 Å². The molecule has 0 N–H and O–H groups in total. The minimum Gasteiger partial charge on any atom is -0.476 e. The van der Waals surface area contributed by atoms with Crippen LogP contribution in [0.1, 0.15) is 25.0 Å². The standard InChI is InChI=1S/C19H14ClF4N3O/c1-10(2)9-28-18-15(20)4-12(7-26-18)27-8-14(19(22,23)24)13-3-11(6-25)16(21)5-17(13)27/h3-5,7-8,10H,9H2,1-2H3. The van der Waals surface area contributed by atoms with Crippen molar-refractivity contribution >= 4 is 22.5 Å². The molecule has 0 aliphatic carbocycles.